The third kappa shape index (κ3) is 9.65. The molecule has 1 aliphatic heterocycles. The van der Waals surface area contributed by atoms with Crippen molar-refractivity contribution in [1.82, 2.24) is 4.98 Å². The fourth-order valence-electron chi connectivity index (χ4n) is 4.84. The SMILES string of the molecule is CCCCCCCCc1ccc(-c2ccc(C3OCC(CCCCCCCC)CO3)cn2)cc1F. The maximum absolute atomic E-state index is 14.7. The molecule has 3 nitrogen and oxygen atoms in total. The van der Waals surface area contributed by atoms with Crippen LogP contribution < -0.4 is 0 Å². The van der Waals surface area contributed by atoms with Crippen molar-refractivity contribution in [2.45, 2.75) is 110 Å². The van der Waals surface area contributed by atoms with Gasteiger partial charge in [-0.15, -0.1) is 0 Å². The van der Waals surface area contributed by atoms with E-state index < -0.39 is 0 Å². The van der Waals surface area contributed by atoms with Gasteiger partial charge in [-0.1, -0.05) is 103 Å². The number of unbranched alkanes of at least 4 members (excludes halogenated alkanes) is 10. The first kappa shape index (κ1) is 27.8. The van der Waals surface area contributed by atoms with Crippen LogP contribution in [0.2, 0.25) is 0 Å². The number of ether oxygens (including phenoxy) is 2. The molecule has 3 rings (SSSR count). The molecule has 1 saturated heterocycles. The van der Waals surface area contributed by atoms with Crippen LogP contribution in [0, 0.1) is 11.7 Å². The number of aryl methyl sites for hydroxylation is 1. The average Bonchev–Trinajstić information content (AvgIpc) is 2.89. The van der Waals surface area contributed by atoms with Crippen molar-refractivity contribution in [2.75, 3.05) is 13.2 Å². The van der Waals surface area contributed by atoms with Crippen molar-refractivity contribution in [2.24, 2.45) is 5.92 Å². The molecule has 2 aromatic rings. The molecular formula is C31H46FNO2. The highest BCUT2D eigenvalue weighted by atomic mass is 19.1. The zero-order valence-electron chi connectivity index (χ0n) is 22.1. The number of nitrogens with zero attached hydrogens (tertiary/aromatic N) is 1. The summed E-state index contributed by atoms with van der Waals surface area (Å²) in [6.45, 7) is 5.97. The summed E-state index contributed by atoms with van der Waals surface area (Å²) >= 11 is 0. The Balaban J connectivity index is 1.41. The Morgan fingerprint density at radius 2 is 1.46 bits per heavy atom. The molecule has 1 fully saturated rings. The van der Waals surface area contributed by atoms with E-state index in [4.69, 9.17) is 9.47 Å². The zero-order valence-corrected chi connectivity index (χ0v) is 22.1. The van der Waals surface area contributed by atoms with Gasteiger partial charge in [-0.2, -0.15) is 0 Å². The fraction of sp³-hybridized carbons (Fsp3) is 0.645. The van der Waals surface area contributed by atoms with Crippen LogP contribution in [0.3, 0.4) is 0 Å². The lowest BCUT2D eigenvalue weighted by molar-refractivity contribution is -0.206. The number of benzene rings is 1. The molecule has 1 aliphatic rings. The van der Waals surface area contributed by atoms with Crippen LogP contribution in [0.25, 0.3) is 11.3 Å². The topological polar surface area (TPSA) is 31.4 Å². The van der Waals surface area contributed by atoms with E-state index in [0.29, 0.717) is 5.92 Å². The minimum atomic E-state index is -0.353. The van der Waals surface area contributed by atoms with Crippen molar-refractivity contribution in [1.29, 1.82) is 0 Å². The minimum Gasteiger partial charge on any atom is -0.348 e. The number of hydrogen-bond donors (Lipinski definition) is 0. The first-order valence-corrected chi connectivity index (χ1v) is 14.2. The third-order valence-electron chi connectivity index (χ3n) is 7.14. The van der Waals surface area contributed by atoms with Crippen molar-refractivity contribution in [3.8, 4) is 11.3 Å². The van der Waals surface area contributed by atoms with Crippen LogP contribution in [0.5, 0.6) is 0 Å². The summed E-state index contributed by atoms with van der Waals surface area (Å²) in [5.41, 5.74) is 3.31. The van der Waals surface area contributed by atoms with Gasteiger partial charge in [0.2, 0.25) is 0 Å². The predicted molar refractivity (Wildman–Crippen MR) is 143 cm³/mol. The normalized spacial score (nSPS) is 18.1. The predicted octanol–water partition coefficient (Wildman–Crippen LogP) is 9.20. The van der Waals surface area contributed by atoms with Gasteiger partial charge < -0.3 is 9.47 Å². The van der Waals surface area contributed by atoms with Gasteiger partial charge in [0.1, 0.15) is 5.82 Å². The minimum absolute atomic E-state index is 0.128. The summed E-state index contributed by atoms with van der Waals surface area (Å²) in [6.07, 6.45) is 18.7. The largest absolute Gasteiger partial charge is 0.348 e. The molecule has 0 saturated carbocycles. The van der Waals surface area contributed by atoms with Gasteiger partial charge in [-0.3, -0.25) is 4.98 Å². The molecule has 2 heterocycles. The first-order chi connectivity index (χ1) is 17.2. The summed E-state index contributed by atoms with van der Waals surface area (Å²) in [4.78, 5) is 4.58. The number of aromatic nitrogens is 1. The second-order valence-electron chi connectivity index (χ2n) is 10.2. The molecule has 1 aromatic carbocycles. The monoisotopic (exact) mass is 483 g/mol. The van der Waals surface area contributed by atoms with Crippen LogP contribution in [0.15, 0.2) is 36.5 Å². The van der Waals surface area contributed by atoms with Crippen molar-refractivity contribution in [3.05, 3.63) is 53.5 Å². The molecule has 4 heteroatoms. The summed E-state index contributed by atoms with van der Waals surface area (Å²) in [7, 11) is 0. The molecule has 0 spiro atoms. The third-order valence-corrected chi connectivity index (χ3v) is 7.14. The molecule has 0 atom stereocenters. The van der Waals surface area contributed by atoms with Gasteiger partial charge in [0.05, 0.1) is 18.9 Å². The van der Waals surface area contributed by atoms with Gasteiger partial charge in [-0.25, -0.2) is 4.39 Å². The van der Waals surface area contributed by atoms with E-state index in [1.807, 2.05) is 24.3 Å². The maximum atomic E-state index is 14.7. The van der Waals surface area contributed by atoms with Gasteiger partial charge in [-0.05, 0) is 37.0 Å². The van der Waals surface area contributed by atoms with Crippen LogP contribution in [0.4, 0.5) is 4.39 Å². The maximum Gasteiger partial charge on any atom is 0.185 e. The van der Waals surface area contributed by atoms with Gasteiger partial charge in [0.25, 0.3) is 0 Å². The lowest BCUT2D eigenvalue weighted by atomic mass is 10.0. The Hall–Kier alpha value is -1.78. The molecule has 0 aliphatic carbocycles. The van der Waals surface area contributed by atoms with Crippen LogP contribution >= 0.6 is 0 Å². The van der Waals surface area contributed by atoms with E-state index in [0.717, 1.165) is 48.4 Å². The van der Waals surface area contributed by atoms with Crippen molar-refractivity contribution in [3.63, 3.8) is 0 Å². The second kappa shape index (κ2) is 16.1. The second-order valence-corrected chi connectivity index (χ2v) is 10.2. The van der Waals surface area contributed by atoms with E-state index in [1.54, 1.807) is 12.3 Å². The van der Waals surface area contributed by atoms with Gasteiger partial charge in [0, 0.05) is 23.2 Å². The standard InChI is InChI=1S/C31H46FNO2/c1-3-5-7-9-11-13-15-25-23-34-31(35-24-25)28-19-20-30(33-22-28)27-18-17-26(29(32)21-27)16-14-12-10-8-6-4-2/h17-22,25,31H,3-16,23-24H2,1-2H3. The van der Waals surface area contributed by atoms with Gasteiger partial charge in [0.15, 0.2) is 6.29 Å². The van der Waals surface area contributed by atoms with Crippen LogP contribution in [-0.2, 0) is 15.9 Å². The molecule has 0 N–H and O–H groups in total. The highest BCUT2D eigenvalue weighted by molar-refractivity contribution is 5.59. The zero-order chi connectivity index (χ0) is 24.7. The number of pyridine rings is 1. The van der Waals surface area contributed by atoms with Crippen LogP contribution in [0.1, 0.15) is 115 Å². The van der Waals surface area contributed by atoms with Gasteiger partial charge >= 0.3 is 0 Å². The highest BCUT2D eigenvalue weighted by Gasteiger charge is 2.23. The Morgan fingerprint density at radius 3 is 2.09 bits per heavy atom. The summed E-state index contributed by atoms with van der Waals surface area (Å²) in [5.74, 6) is 0.361. The summed E-state index contributed by atoms with van der Waals surface area (Å²) in [5, 5.41) is 0. The summed E-state index contributed by atoms with van der Waals surface area (Å²) in [6, 6.07) is 9.45. The van der Waals surface area contributed by atoms with E-state index in [1.165, 1.54) is 77.0 Å². The number of rotatable bonds is 16. The Labute approximate surface area is 212 Å². The van der Waals surface area contributed by atoms with E-state index in [-0.39, 0.29) is 12.1 Å². The smallest absolute Gasteiger partial charge is 0.185 e. The molecule has 194 valence electrons. The highest BCUT2D eigenvalue weighted by Crippen LogP contribution is 2.29. The molecule has 1 aromatic heterocycles. The Morgan fingerprint density at radius 1 is 0.800 bits per heavy atom. The first-order valence-electron chi connectivity index (χ1n) is 14.2. The molecule has 0 amide bonds. The molecule has 0 radical (unpaired) electrons. The fourth-order valence-corrected chi connectivity index (χ4v) is 4.84. The van der Waals surface area contributed by atoms with Crippen LogP contribution in [-0.4, -0.2) is 18.2 Å². The molecule has 0 bridgehead atoms. The quantitative estimate of drug-likeness (QED) is 0.223. The Kier molecular flexibility index (Phi) is 12.8. The molecular weight excluding hydrogens is 437 g/mol. The molecule has 0 unspecified atom stereocenters. The molecule has 35 heavy (non-hydrogen) atoms. The summed E-state index contributed by atoms with van der Waals surface area (Å²) < 4.78 is 26.7. The lowest BCUT2D eigenvalue weighted by Gasteiger charge is -2.29. The van der Waals surface area contributed by atoms with E-state index >= 15 is 0 Å². The Bertz CT molecular complexity index is 830. The lowest BCUT2D eigenvalue weighted by Crippen LogP contribution is -2.27. The average molecular weight is 484 g/mol. The number of hydrogen-bond acceptors (Lipinski definition) is 3. The van der Waals surface area contributed by atoms with Crippen molar-refractivity contribution >= 4 is 0 Å². The van der Waals surface area contributed by atoms with E-state index in [9.17, 15) is 4.39 Å². The number of halogens is 1. The van der Waals surface area contributed by atoms with E-state index in [2.05, 4.69) is 18.8 Å². The van der Waals surface area contributed by atoms with Crippen molar-refractivity contribution < 1.29 is 13.9 Å².